The molecule has 4 rings (SSSR count). The molecule has 0 saturated carbocycles. The standard InChI is InChI=1S/C17H17N5O2/c1-11-7-12(2)22(21-11)17-9-16(18-10-19-17)20-13-3-4-14-15(8-13)24-6-5-23-14/h3-4,7-10H,5-6H2,1-2H3,(H,18,19,20). The number of nitrogens with one attached hydrogen (secondary N) is 1. The third-order valence-electron chi connectivity index (χ3n) is 3.69. The fourth-order valence-electron chi connectivity index (χ4n) is 2.66. The van der Waals surface area contributed by atoms with Gasteiger partial charge in [-0.1, -0.05) is 0 Å². The lowest BCUT2D eigenvalue weighted by Crippen LogP contribution is -2.15. The van der Waals surface area contributed by atoms with Crippen molar-refractivity contribution in [2.24, 2.45) is 0 Å². The monoisotopic (exact) mass is 323 g/mol. The molecule has 122 valence electrons. The third kappa shape index (κ3) is 2.76. The number of hydrogen-bond donors (Lipinski definition) is 1. The Kier molecular flexibility index (Phi) is 3.53. The molecule has 0 spiro atoms. The molecule has 1 aromatic carbocycles. The first kappa shape index (κ1) is 14.5. The minimum absolute atomic E-state index is 0.562. The van der Waals surface area contributed by atoms with Crippen molar-refractivity contribution in [3.63, 3.8) is 0 Å². The first-order valence-electron chi connectivity index (χ1n) is 7.71. The van der Waals surface area contributed by atoms with Crippen LogP contribution < -0.4 is 14.8 Å². The van der Waals surface area contributed by atoms with Crippen molar-refractivity contribution in [2.75, 3.05) is 18.5 Å². The quantitative estimate of drug-likeness (QED) is 0.799. The van der Waals surface area contributed by atoms with Crippen molar-refractivity contribution in [3.05, 3.63) is 48.0 Å². The molecule has 0 atom stereocenters. The van der Waals surface area contributed by atoms with E-state index in [1.165, 1.54) is 6.33 Å². The molecule has 0 aliphatic carbocycles. The topological polar surface area (TPSA) is 74.1 Å². The molecule has 3 aromatic rings. The van der Waals surface area contributed by atoms with Crippen LogP contribution in [0.1, 0.15) is 11.4 Å². The second-order valence-electron chi connectivity index (χ2n) is 5.58. The van der Waals surface area contributed by atoms with Crippen molar-refractivity contribution < 1.29 is 9.47 Å². The highest BCUT2D eigenvalue weighted by atomic mass is 16.6. The van der Waals surface area contributed by atoms with Crippen LogP contribution in [0.4, 0.5) is 11.5 Å². The van der Waals surface area contributed by atoms with Crippen LogP contribution in [-0.4, -0.2) is 33.0 Å². The van der Waals surface area contributed by atoms with Crippen LogP contribution in [0, 0.1) is 13.8 Å². The van der Waals surface area contributed by atoms with E-state index in [0.29, 0.717) is 19.0 Å². The van der Waals surface area contributed by atoms with Gasteiger partial charge in [-0.25, -0.2) is 14.6 Å². The molecule has 1 aliphatic rings. The first-order chi connectivity index (χ1) is 11.7. The van der Waals surface area contributed by atoms with Gasteiger partial charge in [0.2, 0.25) is 0 Å². The molecule has 7 heteroatoms. The van der Waals surface area contributed by atoms with Crippen molar-refractivity contribution in [1.82, 2.24) is 19.7 Å². The normalized spacial score (nSPS) is 12.9. The second kappa shape index (κ2) is 5.84. The molecule has 0 radical (unpaired) electrons. The number of aryl methyl sites for hydroxylation is 2. The Bertz CT molecular complexity index is 890. The van der Waals surface area contributed by atoms with Gasteiger partial charge in [0.1, 0.15) is 25.4 Å². The van der Waals surface area contributed by atoms with E-state index in [-0.39, 0.29) is 0 Å². The summed E-state index contributed by atoms with van der Waals surface area (Å²) >= 11 is 0. The molecule has 1 aliphatic heterocycles. The lowest BCUT2D eigenvalue weighted by molar-refractivity contribution is 0.171. The summed E-state index contributed by atoms with van der Waals surface area (Å²) < 4.78 is 12.9. The number of rotatable bonds is 3. The second-order valence-corrected chi connectivity index (χ2v) is 5.58. The van der Waals surface area contributed by atoms with E-state index in [2.05, 4.69) is 20.4 Å². The summed E-state index contributed by atoms with van der Waals surface area (Å²) in [6.45, 7) is 5.10. The number of hydrogen-bond acceptors (Lipinski definition) is 6. The highest BCUT2D eigenvalue weighted by Crippen LogP contribution is 2.33. The van der Waals surface area contributed by atoms with Crippen LogP contribution in [0.2, 0.25) is 0 Å². The van der Waals surface area contributed by atoms with Crippen LogP contribution in [-0.2, 0) is 0 Å². The molecule has 0 saturated heterocycles. The van der Waals surface area contributed by atoms with E-state index in [0.717, 1.165) is 34.4 Å². The first-order valence-corrected chi connectivity index (χ1v) is 7.71. The van der Waals surface area contributed by atoms with Gasteiger partial charge in [-0.15, -0.1) is 0 Å². The van der Waals surface area contributed by atoms with E-state index in [9.17, 15) is 0 Å². The lowest BCUT2D eigenvalue weighted by Gasteiger charge is -2.19. The Hall–Kier alpha value is -3.09. The van der Waals surface area contributed by atoms with E-state index in [1.807, 2.05) is 44.2 Å². The van der Waals surface area contributed by atoms with E-state index >= 15 is 0 Å². The predicted molar refractivity (Wildman–Crippen MR) is 89.3 cm³/mol. The Morgan fingerprint density at radius 1 is 1.00 bits per heavy atom. The Morgan fingerprint density at radius 2 is 1.83 bits per heavy atom. The summed E-state index contributed by atoms with van der Waals surface area (Å²) in [4.78, 5) is 8.57. The van der Waals surface area contributed by atoms with Gasteiger partial charge in [-0.05, 0) is 32.0 Å². The zero-order valence-electron chi connectivity index (χ0n) is 13.5. The number of nitrogens with zero attached hydrogens (tertiary/aromatic N) is 4. The van der Waals surface area contributed by atoms with Gasteiger partial charge < -0.3 is 14.8 Å². The summed E-state index contributed by atoms with van der Waals surface area (Å²) in [5.41, 5.74) is 2.85. The maximum absolute atomic E-state index is 5.60. The van der Waals surface area contributed by atoms with Crippen molar-refractivity contribution >= 4 is 11.5 Å². The summed E-state index contributed by atoms with van der Waals surface area (Å²) in [6, 6.07) is 9.59. The molecule has 0 amide bonds. The van der Waals surface area contributed by atoms with Crippen LogP contribution >= 0.6 is 0 Å². The summed E-state index contributed by atoms with van der Waals surface area (Å²) in [5.74, 6) is 2.90. The van der Waals surface area contributed by atoms with Crippen molar-refractivity contribution in [2.45, 2.75) is 13.8 Å². The van der Waals surface area contributed by atoms with Gasteiger partial charge in [0, 0.05) is 23.5 Å². The molecule has 3 heterocycles. The molecular formula is C17H17N5O2. The van der Waals surface area contributed by atoms with E-state index in [1.54, 1.807) is 4.68 Å². The van der Waals surface area contributed by atoms with Crippen LogP contribution in [0.5, 0.6) is 11.5 Å². The zero-order chi connectivity index (χ0) is 16.5. The van der Waals surface area contributed by atoms with Crippen molar-refractivity contribution in [3.8, 4) is 17.3 Å². The fraction of sp³-hybridized carbons (Fsp3) is 0.235. The molecule has 2 aromatic heterocycles. The Balaban J connectivity index is 1.61. The molecule has 1 N–H and O–H groups in total. The SMILES string of the molecule is Cc1cc(C)n(-c2cc(Nc3ccc4c(c3)OCCO4)ncn2)n1. The van der Waals surface area contributed by atoms with Gasteiger partial charge in [-0.2, -0.15) is 5.10 Å². The number of ether oxygens (including phenoxy) is 2. The van der Waals surface area contributed by atoms with E-state index < -0.39 is 0 Å². The zero-order valence-corrected chi connectivity index (χ0v) is 13.5. The highest BCUT2D eigenvalue weighted by molar-refractivity contribution is 5.62. The Labute approximate surface area is 139 Å². The number of aromatic nitrogens is 4. The van der Waals surface area contributed by atoms with Gasteiger partial charge in [0.15, 0.2) is 17.3 Å². The predicted octanol–water partition coefficient (Wildman–Crippen LogP) is 2.79. The summed E-state index contributed by atoms with van der Waals surface area (Å²) in [6.07, 6.45) is 1.52. The van der Waals surface area contributed by atoms with Gasteiger partial charge in [-0.3, -0.25) is 0 Å². The van der Waals surface area contributed by atoms with Gasteiger partial charge in [0.05, 0.1) is 5.69 Å². The number of fused-ring (bicyclic) bond motifs is 1. The largest absolute Gasteiger partial charge is 0.486 e. The van der Waals surface area contributed by atoms with Crippen LogP contribution in [0.25, 0.3) is 5.82 Å². The fourth-order valence-corrected chi connectivity index (χ4v) is 2.66. The van der Waals surface area contributed by atoms with E-state index in [4.69, 9.17) is 9.47 Å². The number of benzene rings is 1. The van der Waals surface area contributed by atoms with Crippen LogP contribution in [0.15, 0.2) is 36.7 Å². The summed E-state index contributed by atoms with van der Waals surface area (Å²) in [7, 11) is 0. The summed E-state index contributed by atoms with van der Waals surface area (Å²) in [5, 5.41) is 7.71. The van der Waals surface area contributed by atoms with Crippen molar-refractivity contribution in [1.29, 1.82) is 0 Å². The highest BCUT2D eigenvalue weighted by Gasteiger charge is 2.12. The molecule has 7 nitrogen and oxygen atoms in total. The van der Waals surface area contributed by atoms with Crippen LogP contribution in [0.3, 0.4) is 0 Å². The Morgan fingerprint density at radius 3 is 2.62 bits per heavy atom. The maximum atomic E-state index is 5.60. The minimum Gasteiger partial charge on any atom is -0.486 e. The number of anilines is 2. The third-order valence-corrected chi connectivity index (χ3v) is 3.69. The molecule has 0 fully saturated rings. The van der Waals surface area contributed by atoms with Gasteiger partial charge in [0.25, 0.3) is 0 Å². The lowest BCUT2D eigenvalue weighted by atomic mass is 10.2. The average Bonchev–Trinajstić information content (AvgIpc) is 2.93. The average molecular weight is 323 g/mol. The smallest absolute Gasteiger partial charge is 0.163 e. The minimum atomic E-state index is 0.562. The molecular weight excluding hydrogens is 306 g/mol. The molecule has 0 unspecified atom stereocenters. The molecule has 24 heavy (non-hydrogen) atoms. The van der Waals surface area contributed by atoms with Gasteiger partial charge >= 0.3 is 0 Å². The maximum Gasteiger partial charge on any atom is 0.163 e. The molecule has 0 bridgehead atoms.